The predicted molar refractivity (Wildman–Crippen MR) is 116 cm³/mol. The average Bonchev–Trinajstić information content (AvgIpc) is 2.71. The zero-order valence-electron chi connectivity index (χ0n) is 15.6. The topological polar surface area (TPSA) is 71.6 Å². The number of thiocarbonyl (C=S) groups is 1. The van der Waals surface area contributed by atoms with Crippen LogP contribution in [0.25, 0.3) is 6.08 Å². The van der Waals surface area contributed by atoms with E-state index in [-0.39, 0.29) is 5.91 Å². The number of rotatable bonds is 7. The van der Waals surface area contributed by atoms with Gasteiger partial charge in [-0.1, -0.05) is 29.8 Å². The van der Waals surface area contributed by atoms with Crippen LogP contribution in [-0.2, 0) is 11.2 Å². The Morgan fingerprint density at radius 2 is 1.79 bits per heavy atom. The lowest BCUT2D eigenvalue weighted by Crippen LogP contribution is -2.46. The summed E-state index contributed by atoms with van der Waals surface area (Å²) in [6, 6.07) is 13.0. The molecule has 0 spiro atoms. The van der Waals surface area contributed by atoms with Gasteiger partial charge in [0.1, 0.15) is 0 Å². The maximum atomic E-state index is 11.9. The minimum atomic E-state index is -0.336. The van der Waals surface area contributed by atoms with Crippen LogP contribution in [0.15, 0.2) is 48.5 Å². The molecule has 3 N–H and O–H groups in total. The van der Waals surface area contributed by atoms with Gasteiger partial charge >= 0.3 is 0 Å². The van der Waals surface area contributed by atoms with E-state index < -0.39 is 0 Å². The number of hydrazine groups is 1. The third-order valence-electron chi connectivity index (χ3n) is 3.75. The highest BCUT2D eigenvalue weighted by molar-refractivity contribution is 7.80. The number of ether oxygens (including phenoxy) is 2. The molecule has 0 aliphatic heterocycles. The van der Waals surface area contributed by atoms with Crippen LogP contribution in [0, 0.1) is 0 Å². The number of carbonyl (C=O) groups is 1. The summed E-state index contributed by atoms with van der Waals surface area (Å²) in [5, 5.41) is 4.06. The van der Waals surface area contributed by atoms with Crippen LogP contribution in [0.1, 0.15) is 11.1 Å². The Morgan fingerprint density at radius 3 is 2.46 bits per heavy atom. The van der Waals surface area contributed by atoms with Crippen molar-refractivity contribution in [3.05, 3.63) is 64.7 Å². The molecule has 148 valence electrons. The molecule has 6 nitrogen and oxygen atoms in total. The van der Waals surface area contributed by atoms with Crippen LogP contribution in [0.3, 0.4) is 0 Å². The zero-order valence-corrected chi connectivity index (χ0v) is 17.2. The largest absolute Gasteiger partial charge is 0.493 e. The summed E-state index contributed by atoms with van der Waals surface area (Å²) >= 11 is 11.0. The molecule has 0 fully saturated rings. The molecule has 8 heteroatoms. The molecule has 0 saturated heterocycles. The monoisotopic (exact) mass is 419 g/mol. The Bertz CT molecular complexity index is 841. The maximum Gasteiger partial charge on any atom is 0.262 e. The van der Waals surface area contributed by atoms with Crippen molar-refractivity contribution in [1.82, 2.24) is 16.2 Å². The van der Waals surface area contributed by atoms with E-state index in [0.29, 0.717) is 28.2 Å². The zero-order chi connectivity index (χ0) is 20.4. The molecule has 0 aliphatic carbocycles. The van der Waals surface area contributed by atoms with Gasteiger partial charge in [0, 0.05) is 17.6 Å². The molecule has 0 bridgehead atoms. The van der Waals surface area contributed by atoms with E-state index in [1.807, 2.05) is 30.3 Å². The van der Waals surface area contributed by atoms with Gasteiger partial charge in [-0.05, 0) is 60.1 Å². The molecular formula is C20H22ClN3O3S. The van der Waals surface area contributed by atoms with Crippen molar-refractivity contribution in [3.63, 3.8) is 0 Å². The summed E-state index contributed by atoms with van der Waals surface area (Å²) in [5.41, 5.74) is 7.11. The number of hydrogen-bond acceptors (Lipinski definition) is 4. The van der Waals surface area contributed by atoms with Gasteiger partial charge in [0.15, 0.2) is 16.6 Å². The lowest BCUT2D eigenvalue weighted by Gasteiger charge is -2.10. The van der Waals surface area contributed by atoms with Crippen molar-refractivity contribution in [1.29, 1.82) is 0 Å². The Labute approximate surface area is 174 Å². The lowest BCUT2D eigenvalue weighted by atomic mass is 10.1. The van der Waals surface area contributed by atoms with Gasteiger partial charge in [-0.15, -0.1) is 0 Å². The highest BCUT2D eigenvalue weighted by Gasteiger charge is 2.03. The molecule has 0 aliphatic rings. The van der Waals surface area contributed by atoms with Gasteiger partial charge in [0.2, 0.25) is 0 Å². The van der Waals surface area contributed by atoms with Crippen LogP contribution < -0.4 is 25.6 Å². The van der Waals surface area contributed by atoms with Crippen LogP contribution in [-0.4, -0.2) is 31.8 Å². The van der Waals surface area contributed by atoms with Crippen molar-refractivity contribution in [3.8, 4) is 11.5 Å². The van der Waals surface area contributed by atoms with Crippen molar-refractivity contribution in [2.75, 3.05) is 20.8 Å². The van der Waals surface area contributed by atoms with E-state index >= 15 is 0 Å². The number of carbonyl (C=O) groups excluding carboxylic acids is 1. The fourth-order valence-electron chi connectivity index (χ4n) is 2.30. The maximum absolute atomic E-state index is 11.9. The van der Waals surface area contributed by atoms with E-state index in [1.165, 1.54) is 6.08 Å². The first-order chi connectivity index (χ1) is 13.5. The van der Waals surface area contributed by atoms with Crippen molar-refractivity contribution >= 4 is 40.9 Å². The first-order valence-corrected chi connectivity index (χ1v) is 9.29. The standard InChI is InChI=1S/C20H22ClN3O3S/c1-26-17-9-5-15(13-18(17)27-2)6-10-19(25)23-24-20(28)22-12-11-14-3-7-16(21)8-4-14/h3-10,13H,11-12H2,1-2H3,(H,23,25)(H2,22,24,28)/b10-6+. The highest BCUT2D eigenvalue weighted by atomic mass is 35.5. The van der Waals surface area contributed by atoms with Crippen molar-refractivity contribution in [2.24, 2.45) is 0 Å². The molecule has 2 rings (SSSR count). The molecule has 0 radical (unpaired) electrons. The Balaban J connectivity index is 1.73. The fraction of sp³-hybridized carbons (Fsp3) is 0.200. The summed E-state index contributed by atoms with van der Waals surface area (Å²) in [6.07, 6.45) is 3.84. The first-order valence-electron chi connectivity index (χ1n) is 8.50. The molecule has 0 aromatic heterocycles. The normalized spacial score (nSPS) is 10.4. The van der Waals surface area contributed by atoms with Crippen LogP contribution in [0.4, 0.5) is 0 Å². The minimum Gasteiger partial charge on any atom is -0.493 e. The van der Waals surface area contributed by atoms with Crippen LogP contribution in [0.5, 0.6) is 11.5 Å². The number of benzene rings is 2. The number of hydrogen-bond donors (Lipinski definition) is 3. The van der Waals surface area contributed by atoms with E-state index in [2.05, 4.69) is 16.2 Å². The van der Waals surface area contributed by atoms with Crippen LogP contribution >= 0.6 is 23.8 Å². The Morgan fingerprint density at radius 1 is 1.07 bits per heavy atom. The third kappa shape index (κ3) is 7.09. The molecule has 0 heterocycles. The fourth-order valence-corrected chi connectivity index (χ4v) is 2.58. The third-order valence-corrected chi connectivity index (χ3v) is 4.24. The number of nitrogens with one attached hydrogen (secondary N) is 3. The van der Waals surface area contributed by atoms with Gasteiger partial charge in [0.25, 0.3) is 5.91 Å². The highest BCUT2D eigenvalue weighted by Crippen LogP contribution is 2.27. The smallest absolute Gasteiger partial charge is 0.262 e. The first kappa shape index (κ1) is 21.5. The van der Waals surface area contributed by atoms with Gasteiger partial charge in [0.05, 0.1) is 14.2 Å². The SMILES string of the molecule is COc1ccc(/C=C/C(=O)NNC(=S)NCCc2ccc(Cl)cc2)cc1OC. The average molecular weight is 420 g/mol. The quantitative estimate of drug-likeness (QED) is 0.364. The lowest BCUT2D eigenvalue weighted by molar-refractivity contribution is -0.116. The molecule has 2 aromatic carbocycles. The summed E-state index contributed by atoms with van der Waals surface area (Å²) in [7, 11) is 3.13. The molecule has 0 atom stereocenters. The van der Waals surface area contributed by atoms with E-state index in [9.17, 15) is 4.79 Å². The molecular weight excluding hydrogens is 398 g/mol. The molecule has 0 unspecified atom stereocenters. The van der Waals surface area contributed by atoms with Crippen LogP contribution in [0.2, 0.25) is 5.02 Å². The molecule has 2 aromatic rings. The number of halogens is 1. The minimum absolute atomic E-state index is 0.335. The van der Waals surface area contributed by atoms with Gasteiger partial charge < -0.3 is 14.8 Å². The second-order valence-corrected chi connectivity index (χ2v) is 6.54. The van der Waals surface area contributed by atoms with Crippen molar-refractivity contribution in [2.45, 2.75) is 6.42 Å². The van der Waals surface area contributed by atoms with Gasteiger partial charge in [-0.3, -0.25) is 15.6 Å². The molecule has 28 heavy (non-hydrogen) atoms. The van der Waals surface area contributed by atoms with E-state index in [4.69, 9.17) is 33.3 Å². The molecule has 0 saturated carbocycles. The summed E-state index contributed by atoms with van der Waals surface area (Å²) in [5.74, 6) is 0.881. The number of methoxy groups -OCH3 is 2. The second kappa shape index (κ2) is 11.2. The summed E-state index contributed by atoms with van der Waals surface area (Å²) in [4.78, 5) is 11.9. The second-order valence-electron chi connectivity index (χ2n) is 5.69. The predicted octanol–water partition coefficient (Wildman–Crippen LogP) is 3.11. The Hall–Kier alpha value is -2.77. The van der Waals surface area contributed by atoms with E-state index in [1.54, 1.807) is 32.4 Å². The Kier molecular flexibility index (Phi) is 8.58. The van der Waals surface area contributed by atoms with Gasteiger partial charge in [-0.2, -0.15) is 0 Å². The summed E-state index contributed by atoms with van der Waals surface area (Å²) < 4.78 is 10.4. The van der Waals surface area contributed by atoms with Gasteiger partial charge in [-0.25, -0.2) is 0 Å². The van der Waals surface area contributed by atoms with Crippen molar-refractivity contribution < 1.29 is 14.3 Å². The number of amides is 1. The molecule has 1 amide bonds. The summed E-state index contributed by atoms with van der Waals surface area (Å²) in [6.45, 7) is 0.630. The van der Waals surface area contributed by atoms with E-state index in [0.717, 1.165) is 17.5 Å².